The molecule has 0 fully saturated rings. The van der Waals surface area contributed by atoms with E-state index in [4.69, 9.17) is 5.73 Å². The quantitative estimate of drug-likeness (QED) is 0.551. The molecule has 1 aromatic rings. The van der Waals surface area contributed by atoms with Gasteiger partial charge >= 0.3 is 0 Å². The maximum Gasteiger partial charge on any atom is 0.248 e. The molecule has 66 valence electrons. The molecule has 0 unspecified atom stereocenters. The molecule has 0 atom stereocenters. The molecule has 0 saturated carbocycles. The highest BCUT2D eigenvalue weighted by Crippen LogP contribution is 1.94. The first-order valence-electron chi connectivity index (χ1n) is 3.47. The van der Waals surface area contributed by atoms with E-state index in [-0.39, 0.29) is 5.91 Å². The van der Waals surface area contributed by atoms with Gasteiger partial charge in [-0.05, 0) is 12.1 Å². The molecule has 0 aliphatic heterocycles. The number of carbonyl (C=O) groups is 1. The molecule has 1 rings (SSSR count). The predicted octanol–water partition coefficient (Wildman–Crippen LogP) is -1.65. The van der Waals surface area contributed by atoms with Crippen molar-refractivity contribution in [2.45, 2.75) is 0 Å². The van der Waals surface area contributed by atoms with Gasteiger partial charge in [-0.1, -0.05) is 18.2 Å². The third kappa shape index (κ3) is 4.83. The van der Waals surface area contributed by atoms with Crippen LogP contribution >= 0.6 is 0 Å². The molecular weight excluding hydrogens is 186 g/mol. The summed E-state index contributed by atoms with van der Waals surface area (Å²) >= 11 is 0. The van der Waals surface area contributed by atoms with Crippen LogP contribution in [0.25, 0.3) is 0 Å². The standard InChI is InChI=1S/C7H7NO.H6OSi2/c8-7(9)6-4-2-1-3-5-6;2-1-3/h1-5H,(H2,8,9);2-3H3. The summed E-state index contributed by atoms with van der Waals surface area (Å²) in [6.45, 7) is 0. The molecule has 12 heavy (non-hydrogen) atoms. The fourth-order valence-corrected chi connectivity index (χ4v) is 0.602. The van der Waals surface area contributed by atoms with Crippen LogP contribution in [-0.2, 0) is 4.12 Å². The van der Waals surface area contributed by atoms with Crippen molar-refractivity contribution in [1.29, 1.82) is 0 Å². The number of carbonyl (C=O) groups excluding carboxylic acids is 1. The maximum absolute atomic E-state index is 10.4. The summed E-state index contributed by atoms with van der Waals surface area (Å²) in [5.74, 6) is -0.379. The molecule has 2 N–H and O–H groups in total. The molecule has 1 aromatic carbocycles. The Kier molecular flexibility index (Phi) is 6.26. The van der Waals surface area contributed by atoms with E-state index in [9.17, 15) is 4.79 Å². The van der Waals surface area contributed by atoms with Gasteiger partial charge in [-0.25, -0.2) is 0 Å². The number of amides is 1. The average Bonchev–Trinajstić information content (AvgIpc) is 2.07. The highest BCUT2D eigenvalue weighted by atomic mass is 28.3. The van der Waals surface area contributed by atoms with Gasteiger partial charge in [0.1, 0.15) is 21.0 Å². The Morgan fingerprint density at radius 3 is 1.92 bits per heavy atom. The van der Waals surface area contributed by atoms with Crippen LogP contribution in [-0.4, -0.2) is 26.9 Å². The molecule has 0 aliphatic carbocycles. The molecule has 1 amide bonds. The summed E-state index contributed by atoms with van der Waals surface area (Å²) in [4.78, 5) is 10.4. The molecule has 0 aliphatic rings. The fourth-order valence-electron chi connectivity index (χ4n) is 0.602. The second kappa shape index (κ2) is 6.77. The molecule has 0 radical (unpaired) electrons. The Bertz CT molecular complexity index is 228. The molecule has 0 spiro atoms. The Morgan fingerprint density at radius 2 is 1.67 bits per heavy atom. The SMILES string of the molecule is NC(=O)c1ccccc1.[SiH3]O[SiH3]. The van der Waals surface area contributed by atoms with Crippen LogP contribution in [0.2, 0.25) is 0 Å². The Labute approximate surface area is 78.0 Å². The lowest BCUT2D eigenvalue weighted by molar-refractivity contribution is 0.100. The number of nitrogens with two attached hydrogens (primary N) is 1. The van der Waals surface area contributed by atoms with Gasteiger partial charge in [0.25, 0.3) is 0 Å². The van der Waals surface area contributed by atoms with E-state index in [1.807, 2.05) is 6.07 Å². The molecule has 0 saturated heterocycles. The molecule has 0 heterocycles. The largest absolute Gasteiger partial charge is 0.471 e. The van der Waals surface area contributed by atoms with Gasteiger partial charge in [-0.15, -0.1) is 0 Å². The lowest BCUT2D eigenvalue weighted by Gasteiger charge is -1.89. The minimum absolute atomic E-state index is 0.379. The highest BCUT2D eigenvalue weighted by Gasteiger charge is 1.93. The van der Waals surface area contributed by atoms with Crippen molar-refractivity contribution < 1.29 is 8.91 Å². The van der Waals surface area contributed by atoms with E-state index in [0.29, 0.717) is 5.56 Å². The van der Waals surface area contributed by atoms with Crippen LogP contribution in [0.5, 0.6) is 0 Å². The van der Waals surface area contributed by atoms with Gasteiger partial charge < -0.3 is 9.85 Å². The molecule has 0 aromatic heterocycles. The van der Waals surface area contributed by atoms with Gasteiger partial charge in [0.05, 0.1) is 0 Å². The Hall–Kier alpha value is -0.916. The third-order valence-corrected chi connectivity index (χ3v) is 1.06. The zero-order valence-corrected chi connectivity index (χ0v) is 11.3. The van der Waals surface area contributed by atoms with Gasteiger partial charge in [0.2, 0.25) is 5.91 Å². The molecule has 3 nitrogen and oxygen atoms in total. The Morgan fingerprint density at radius 1 is 1.25 bits per heavy atom. The lowest BCUT2D eigenvalue weighted by Crippen LogP contribution is -2.09. The minimum atomic E-state index is -0.379. The van der Waals surface area contributed by atoms with E-state index < -0.39 is 0 Å². The van der Waals surface area contributed by atoms with E-state index in [1.165, 1.54) is 0 Å². The molecule has 0 bridgehead atoms. The zero-order chi connectivity index (χ0) is 9.40. The van der Waals surface area contributed by atoms with Crippen LogP contribution in [0.15, 0.2) is 30.3 Å². The fraction of sp³-hybridized carbons (Fsp3) is 0. The smallest absolute Gasteiger partial charge is 0.248 e. The van der Waals surface area contributed by atoms with Gasteiger partial charge in [0.15, 0.2) is 0 Å². The van der Waals surface area contributed by atoms with Crippen molar-refractivity contribution in [3.8, 4) is 0 Å². The monoisotopic (exact) mass is 199 g/mol. The van der Waals surface area contributed by atoms with Crippen LogP contribution in [0.3, 0.4) is 0 Å². The minimum Gasteiger partial charge on any atom is -0.471 e. The van der Waals surface area contributed by atoms with Crippen molar-refractivity contribution in [1.82, 2.24) is 0 Å². The topological polar surface area (TPSA) is 52.3 Å². The van der Waals surface area contributed by atoms with Crippen molar-refractivity contribution in [2.24, 2.45) is 5.73 Å². The summed E-state index contributed by atoms with van der Waals surface area (Å²) in [6, 6.07) is 8.76. The number of benzene rings is 1. The van der Waals surface area contributed by atoms with Crippen molar-refractivity contribution >= 4 is 26.9 Å². The van der Waals surface area contributed by atoms with Crippen LogP contribution in [0.1, 0.15) is 10.4 Å². The van der Waals surface area contributed by atoms with E-state index in [0.717, 1.165) is 21.0 Å². The Balaban J connectivity index is 0.000000354. The van der Waals surface area contributed by atoms with Gasteiger partial charge in [-0.2, -0.15) is 0 Å². The predicted molar refractivity (Wildman–Crippen MR) is 55.9 cm³/mol. The summed E-state index contributed by atoms with van der Waals surface area (Å²) in [5, 5.41) is 0. The van der Waals surface area contributed by atoms with Crippen molar-refractivity contribution in [3.63, 3.8) is 0 Å². The highest BCUT2D eigenvalue weighted by molar-refractivity contribution is 6.15. The second-order valence-corrected chi connectivity index (χ2v) is 5.40. The number of primary amides is 1. The lowest BCUT2D eigenvalue weighted by atomic mass is 10.2. The van der Waals surface area contributed by atoms with Gasteiger partial charge in [0, 0.05) is 5.56 Å². The summed E-state index contributed by atoms with van der Waals surface area (Å²) in [7, 11) is 1.86. The average molecular weight is 199 g/mol. The van der Waals surface area contributed by atoms with Crippen molar-refractivity contribution in [3.05, 3.63) is 35.9 Å². The second-order valence-electron chi connectivity index (χ2n) is 2.14. The molecular formula is C7H13NO2Si2. The first kappa shape index (κ1) is 11.1. The van der Waals surface area contributed by atoms with E-state index in [1.54, 1.807) is 24.3 Å². The summed E-state index contributed by atoms with van der Waals surface area (Å²) in [6.07, 6.45) is 0. The van der Waals surface area contributed by atoms with Crippen LogP contribution in [0, 0.1) is 0 Å². The molecule has 5 heteroatoms. The number of rotatable bonds is 1. The summed E-state index contributed by atoms with van der Waals surface area (Å²) in [5.41, 5.74) is 5.53. The first-order valence-corrected chi connectivity index (χ1v) is 5.10. The third-order valence-electron chi connectivity index (χ3n) is 1.06. The number of hydrogen-bond acceptors (Lipinski definition) is 2. The van der Waals surface area contributed by atoms with Crippen LogP contribution < -0.4 is 5.73 Å². The van der Waals surface area contributed by atoms with Crippen molar-refractivity contribution in [2.75, 3.05) is 0 Å². The first-order chi connectivity index (χ1) is 5.72. The van der Waals surface area contributed by atoms with E-state index >= 15 is 0 Å². The summed E-state index contributed by atoms with van der Waals surface area (Å²) < 4.78 is 4.53. The maximum atomic E-state index is 10.4. The normalized spacial score (nSPS) is 8.67. The van der Waals surface area contributed by atoms with Gasteiger partial charge in [-0.3, -0.25) is 4.79 Å². The van der Waals surface area contributed by atoms with Crippen LogP contribution in [0.4, 0.5) is 0 Å². The zero-order valence-electron chi connectivity index (χ0n) is 7.28. The number of hydrogen-bond donors (Lipinski definition) is 1. The van der Waals surface area contributed by atoms with E-state index in [2.05, 4.69) is 4.12 Å².